The molecular formula is C19H22ClNO4S. The highest BCUT2D eigenvalue weighted by Crippen LogP contribution is 2.22. The minimum absolute atomic E-state index is 0.245. The molecule has 0 aliphatic rings. The van der Waals surface area contributed by atoms with Crippen LogP contribution >= 0.6 is 11.6 Å². The lowest BCUT2D eigenvalue weighted by molar-refractivity contribution is -0.127. The molecule has 0 fully saturated rings. The molecule has 7 heteroatoms. The van der Waals surface area contributed by atoms with Gasteiger partial charge in [0.25, 0.3) is 5.91 Å². The number of rotatable bonds is 6. The van der Waals surface area contributed by atoms with Gasteiger partial charge in [-0.05, 0) is 62.2 Å². The van der Waals surface area contributed by atoms with Crippen molar-refractivity contribution in [3.63, 3.8) is 0 Å². The lowest BCUT2D eigenvalue weighted by Gasteiger charge is -2.19. The highest BCUT2D eigenvalue weighted by Gasteiger charge is 2.18. The van der Waals surface area contributed by atoms with Gasteiger partial charge in [-0.2, -0.15) is 0 Å². The second-order valence-corrected chi connectivity index (χ2v) is 8.67. The zero-order valence-electron chi connectivity index (χ0n) is 15.1. The van der Waals surface area contributed by atoms with Crippen LogP contribution in [-0.4, -0.2) is 26.7 Å². The number of hydrogen-bond acceptors (Lipinski definition) is 4. The molecule has 0 aliphatic heterocycles. The maximum Gasteiger partial charge on any atom is 0.261 e. The molecule has 1 amide bonds. The van der Waals surface area contributed by atoms with Crippen LogP contribution in [0.2, 0.25) is 5.02 Å². The number of hydrogen-bond donors (Lipinski definition) is 1. The van der Waals surface area contributed by atoms with Crippen molar-refractivity contribution in [1.29, 1.82) is 0 Å². The van der Waals surface area contributed by atoms with Crippen molar-refractivity contribution in [3.05, 3.63) is 58.6 Å². The van der Waals surface area contributed by atoms with E-state index in [4.69, 9.17) is 16.3 Å². The van der Waals surface area contributed by atoms with Crippen molar-refractivity contribution in [2.24, 2.45) is 0 Å². The van der Waals surface area contributed by atoms with Gasteiger partial charge in [0.1, 0.15) is 5.75 Å². The molecule has 0 radical (unpaired) electrons. The first kappa shape index (κ1) is 20.3. The van der Waals surface area contributed by atoms with Crippen molar-refractivity contribution in [2.45, 2.75) is 37.8 Å². The summed E-state index contributed by atoms with van der Waals surface area (Å²) in [5.41, 5.74) is 1.68. The Labute approximate surface area is 159 Å². The summed E-state index contributed by atoms with van der Waals surface area (Å²) in [7, 11) is -3.24. The van der Waals surface area contributed by atoms with Crippen molar-refractivity contribution < 1.29 is 17.9 Å². The monoisotopic (exact) mass is 395 g/mol. The molecule has 5 nitrogen and oxygen atoms in total. The summed E-state index contributed by atoms with van der Waals surface area (Å²) in [5.74, 6) is 0.303. The second-order valence-electron chi connectivity index (χ2n) is 6.24. The molecule has 0 unspecified atom stereocenters. The van der Waals surface area contributed by atoms with E-state index in [-0.39, 0.29) is 16.8 Å². The van der Waals surface area contributed by atoms with Gasteiger partial charge in [-0.3, -0.25) is 4.79 Å². The van der Waals surface area contributed by atoms with Gasteiger partial charge in [0.2, 0.25) is 0 Å². The third kappa shape index (κ3) is 5.22. The van der Waals surface area contributed by atoms with Crippen molar-refractivity contribution >= 4 is 27.3 Å². The standard InChI is InChI=1S/C19H22ClNO4S/c1-12-11-16(7-10-18(12)20)25-14(3)19(22)21-13(2)15-5-8-17(9-6-15)26(4,23)24/h5-11,13-14H,1-4H3,(H,21,22)/t13-,14+/m1/s1. The van der Waals surface area contributed by atoms with E-state index in [0.717, 1.165) is 17.4 Å². The topological polar surface area (TPSA) is 72.5 Å². The summed E-state index contributed by atoms with van der Waals surface area (Å²) in [6.45, 7) is 5.35. The van der Waals surface area contributed by atoms with Crippen LogP contribution in [0.1, 0.15) is 31.0 Å². The number of halogens is 1. The smallest absolute Gasteiger partial charge is 0.261 e. The van der Waals surface area contributed by atoms with E-state index < -0.39 is 15.9 Å². The first-order valence-corrected chi connectivity index (χ1v) is 10.4. The third-order valence-corrected chi connectivity index (χ3v) is 5.53. The molecule has 2 rings (SSSR count). The van der Waals surface area contributed by atoms with Crippen molar-refractivity contribution in [1.82, 2.24) is 5.32 Å². The predicted molar refractivity (Wildman–Crippen MR) is 102 cm³/mol. The van der Waals surface area contributed by atoms with Gasteiger partial charge in [-0.25, -0.2) is 8.42 Å². The van der Waals surface area contributed by atoms with E-state index in [1.807, 2.05) is 13.8 Å². The average molecular weight is 396 g/mol. The molecule has 0 heterocycles. The van der Waals surface area contributed by atoms with Crippen LogP contribution in [-0.2, 0) is 14.6 Å². The van der Waals surface area contributed by atoms with Gasteiger partial charge < -0.3 is 10.1 Å². The summed E-state index contributed by atoms with van der Waals surface area (Å²) < 4.78 is 28.7. The number of carbonyl (C=O) groups excluding carboxylic acids is 1. The predicted octanol–water partition coefficient (Wildman–Crippen LogP) is 3.70. The number of sulfone groups is 1. The van der Waals surface area contributed by atoms with Gasteiger partial charge >= 0.3 is 0 Å². The Bertz CT molecular complexity index is 894. The minimum atomic E-state index is -3.24. The van der Waals surface area contributed by atoms with Crippen LogP contribution < -0.4 is 10.1 Å². The van der Waals surface area contributed by atoms with Crippen LogP contribution in [0.5, 0.6) is 5.75 Å². The van der Waals surface area contributed by atoms with Crippen LogP contribution in [0.25, 0.3) is 0 Å². The highest BCUT2D eigenvalue weighted by atomic mass is 35.5. The second kappa shape index (κ2) is 8.10. The van der Waals surface area contributed by atoms with Crippen molar-refractivity contribution in [2.75, 3.05) is 6.26 Å². The largest absolute Gasteiger partial charge is 0.481 e. The molecule has 2 aromatic carbocycles. The fourth-order valence-corrected chi connectivity index (χ4v) is 3.11. The first-order valence-electron chi connectivity index (χ1n) is 8.11. The lowest BCUT2D eigenvalue weighted by Crippen LogP contribution is -2.37. The molecule has 0 bridgehead atoms. The molecule has 140 valence electrons. The maximum absolute atomic E-state index is 12.4. The fourth-order valence-electron chi connectivity index (χ4n) is 2.37. The molecule has 1 N–H and O–H groups in total. The van der Waals surface area contributed by atoms with Crippen molar-refractivity contribution in [3.8, 4) is 5.75 Å². The Hall–Kier alpha value is -2.05. The van der Waals surface area contributed by atoms with Gasteiger partial charge in [0, 0.05) is 11.3 Å². The third-order valence-electron chi connectivity index (χ3n) is 3.98. The summed E-state index contributed by atoms with van der Waals surface area (Å²) in [6, 6.07) is 11.4. The number of nitrogens with one attached hydrogen (secondary N) is 1. The van der Waals surface area contributed by atoms with E-state index in [0.29, 0.717) is 10.8 Å². The Balaban J connectivity index is 2.00. The van der Waals surface area contributed by atoms with E-state index in [1.165, 1.54) is 12.1 Å². The van der Waals surface area contributed by atoms with E-state index in [1.54, 1.807) is 37.3 Å². The fraction of sp³-hybridized carbons (Fsp3) is 0.316. The first-order chi connectivity index (χ1) is 12.1. The summed E-state index contributed by atoms with van der Waals surface area (Å²) in [6.07, 6.45) is 0.471. The summed E-state index contributed by atoms with van der Waals surface area (Å²) in [4.78, 5) is 12.6. The Morgan fingerprint density at radius 2 is 1.73 bits per heavy atom. The molecule has 2 atom stereocenters. The minimum Gasteiger partial charge on any atom is -0.481 e. The van der Waals surface area contributed by atoms with Gasteiger partial charge in [-0.1, -0.05) is 23.7 Å². The number of aryl methyl sites for hydroxylation is 1. The molecule has 0 saturated carbocycles. The van der Waals surface area contributed by atoms with Gasteiger partial charge in [0.15, 0.2) is 15.9 Å². The highest BCUT2D eigenvalue weighted by molar-refractivity contribution is 7.90. The zero-order valence-corrected chi connectivity index (χ0v) is 16.7. The van der Waals surface area contributed by atoms with E-state index in [2.05, 4.69) is 5.32 Å². The van der Waals surface area contributed by atoms with Crippen LogP contribution in [0.15, 0.2) is 47.4 Å². The quantitative estimate of drug-likeness (QED) is 0.809. The lowest BCUT2D eigenvalue weighted by atomic mass is 10.1. The molecule has 0 aliphatic carbocycles. The number of ether oxygens (including phenoxy) is 1. The Kier molecular flexibility index (Phi) is 6.31. The number of amides is 1. The van der Waals surface area contributed by atoms with E-state index in [9.17, 15) is 13.2 Å². The van der Waals surface area contributed by atoms with Crippen LogP contribution in [0.4, 0.5) is 0 Å². The maximum atomic E-state index is 12.4. The normalized spacial score (nSPS) is 13.7. The Morgan fingerprint density at radius 3 is 2.27 bits per heavy atom. The Morgan fingerprint density at radius 1 is 1.12 bits per heavy atom. The molecule has 2 aromatic rings. The van der Waals surface area contributed by atoms with Gasteiger partial charge in [-0.15, -0.1) is 0 Å². The van der Waals surface area contributed by atoms with Crippen LogP contribution in [0, 0.1) is 6.92 Å². The molecule has 0 saturated heterocycles. The van der Waals surface area contributed by atoms with Crippen LogP contribution in [0.3, 0.4) is 0 Å². The van der Waals surface area contributed by atoms with Gasteiger partial charge in [0.05, 0.1) is 10.9 Å². The summed E-state index contributed by atoms with van der Waals surface area (Å²) in [5, 5.41) is 3.50. The number of benzene rings is 2. The number of carbonyl (C=O) groups is 1. The molecule has 0 aromatic heterocycles. The van der Waals surface area contributed by atoms with E-state index >= 15 is 0 Å². The SMILES string of the molecule is Cc1cc(O[C@@H](C)C(=O)N[C@H](C)c2ccc(S(C)(=O)=O)cc2)ccc1Cl. The molecular weight excluding hydrogens is 374 g/mol. The zero-order chi connectivity index (χ0) is 19.5. The average Bonchev–Trinajstić information content (AvgIpc) is 2.57. The summed E-state index contributed by atoms with van der Waals surface area (Å²) >= 11 is 5.98. The molecule has 26 heavy (non-hydrogen) atoms. The molecule has 0 spiro atoms.